The first kappa shape index (κ1) is 18.2. The van der Waals surface area contributed by atoms with Crippen LogP contribution < -0.4 is 5.32 Å². The smallest absolute Gasteiger partial charge is 0.352 e. The second-order valence-corrected chi connectivity index (χ2v) is 6.37. The number of carbonyl (C=O) groups is 1. The van der Waals surface area contributed by atoms with Crippen molar-refractivity contribution in [2.45, 2.75) is 37.9 Å². The van der Waals surface area contributed by atoms with Gasteiger partial charge in [0.1, 0.15) is 0 Å². The van der Waals surface area contributed by atoms with Crippen molar-refractivity contribution in [1.29, 1.82) is 0 Å². The number of rotatable bonds is 7. The number of hydrogen-bond donors (Lipinski definition) is 1. The number of aryl methyl sites for hydroxylation is 2. The lowest BCUT2D eigenvalue weighted by molar-refractivity contribution is -0.141. The molecule has 1 aliphatic rings. The average Bonchev–Trinajstić information content (AvgIpc) is 3.18. The van der Waals surface area contributed by atoms with Crippen LogP contribution in [0.15, 0.2) is 24.5 Å². The minimum atomic E-state index is -4.43. The molecule has 140 valence electrons. The molecule has 0 aromatic carbocycles. The molecular formula is C17H20F3N5O. The van der Waals surface area contributed by atoms with E-state index in [1.54, 1.807) is 30.2 Å². The maximum atomic E-state index is 12.8. The zero-order valence-electron chi connectivity index (χ0n) is 14.3. The Labute approximate surface area is 148 Å². The first-order chi connectivity index (χ1) is 12.3. The van der Waals surface area contributed by atoms with Gasteiger partial charge in [0, 0.05) is 49.6 Å². The molecule has 0 spiro atoms. The second kappa shape index (κ2) is 7.35. The highest BCUT2D eigenvalue weighted by molar-refractivity contribution is 5.91. The molecule has 0 bridgehead atoms. The number of nitrogens with one attached hydrogen (secondary N) is 1. The maximum Gasteiger partial charge on any atom is 0.435 e. The minimum Gasteiger partial charge on any atom is -0.352 e. The zero-order chi connectivity index (χ0) is 18.7. The summed E-state index contributed by atoms with van der Waals surface area (Å²) in [5.41, 5.74) is 0.607. The Hall–Kier alpha value is -2.58. The fraction of sp³-hybridized carbons (Fsp3) is 0.471. The van der Waals surface area contributed by atoms with Crippen molar-refractivity contribution in [3.05, 3.63) is 41.5 Å². The molecule has 0 radical (unpaired) electrons. The van der Waals surface area contributed by atoms with Crippen LogP contribution in [0.25, 0.3) is 6.08 Å². The molecule has 9 heteroatoms. The molecule has 0 unspecified atom stereocenters. The van der Waals surface area contributed by atoms with E-state index in [-0.39, 0.29) is 11.8 Å². The van der Waals surface area contributed by atoms with Crippen LogP contribution in [0.3, 0.4) is 0 Å². The van der Waals surface area contributed by atoms with Crippen molar-refractivity contribution in [3.8, 4) is 0 Å². The summed E-state index contributed by atoms with van der Waals surface area (Å²) in [5, 5.41) is 10.4. The Morgan fingerprint density at radius 2 is 2.19 bits per heavy atom. The molecule has 1 fully saturated rings. The third kappa shape index (κ3) is 4.74. The molecule has 0 atom stereocenters. The maximum absolute atomic E-state index is 12.8. The quantitative estimate of drug-likeness (QED) is 0.605. The molecule has 1 amide bonds. The van der Waals surface area contributed by atoms with Gasteiger partial charge in [-0.15, -0.1) is 0 Å². The molecule has 2 heterocycles. The highest BCUT2D eigenvalue weighted by Gasteiger charge is 2.37. The Kier molecular flexibility index (Phi) is 5.15. The van der Waals surface area contributed by atoms with E-state index in [2.05, 4.69) is 15.5 Å². The Balaban J connectivity index is 1.48. The molecule has 6 nitrogen and oxygen atoms in total. The van der Waals surface area contributed by atoms with Gasteiger partial charge in [-0.05, 0) is 31.4 Å². The summed E-state index contributed by atoms with van der Waals surface area (Å²) in [5.74, 6) is -0.0803. The van der Waals surface area contributed by atoms with E-state index in [1.165, 1.54) is 10.8 Å². The van der Waals surface area contributed by atoms with Crippen LogP contribution in [0.2, 0.25) is 0 Å². The highest BCUT2D eigenvalue weighted by atomic mass is 19.4. The monoisotopic (exact) mass is 367 g/mol. The first-order valence-corrected chi connectivity index (χ1v) is 8.42. The molecule has 2 aromatic heterocycles. The van der Waals surface area contributed by atoms with E-state index >= 15 is 0 Å². The molecule has 1 aliphatic carbocycles. The highest BCUT2D eigenvalue weighted by Crippen LogP contribution is 2.42. The van der Waals surface area contributed by atoms with Gasteiger partial charge < -0.3 is 5.32 Å². The van der Waals surface area contributed by atoms with Crippen molar-refractivity contribution < 1.29 is 18.0 Å². The van der Waals surface area contributed by atoms with Crippen molar-refractivity contribution in [3.63, 3.8) is 0 Å². The average molecular weight is 367 g/mol. The molecule has 1 N–H and O–H groups in total. The van der Waals surface area contributed by atoms with Crippen LogP contribution in [0.4, 0.5) is 13.2 Å². The topological polar surface area (TPSA) is 64.7 Å². The van der Waals surface area contributed by atoms with Gasteiger partial charge in [-0.25, -0.2) is 0 Å². The number of halogens is 3. The van der Waals surface area contributed by atoms with Crippen LogP contribution in [0.5, 0.6) is 0 Å². The van der Waals surface area contributed by atoms with E-state index in [0.29, 0.717) is 25.2 Å². The summed E-state index contributed by atoms with van der Waals surface area (Å²) in [7, 11) is 1.78. The number of nitrogens with zero attached hydrogens (tertiary/aromatic N) is 4. The van der Waals surface area contributed by atoms with Crippen LogP contribution in [0.1, 0.15) is 42.1 Å². The molecule has 0 saturated heterocycles. The molecule has 26 heavy (non-hydrogen) atoms. The number of hydrogen-bond acceptors (Lipinski definition) is 3. The Bertz CT molecular complexity index is 802. The second-order valence-electron chi connectivity index (χ2n) is 6.37. The van der Waals surface area contributed by atoms with E-state index in [0.717, 1.165) is 24.5 Å². The normalized spacial score (nSPS) is 14.9. The summed E-state index contributed by atoms with van der Waals surface area (Å²) >= 11 is 0. The van der Waals surface area contributed by atoms with Crippen LogP contribution in [-0.2, 0) is 24.6 Å². The van der Waals surface area contributed by atoms with Gasteiger partial charge >= 0.3 is 6.18 Å². The van der Waals surface area contributed by atoms with E-state index in [1.807, 2.05) is 0 Å². The van der Waals surface area contributed by atoms with Gasteiger partial charge in [0.05, 0.1) is 6.20 Å². The zero-order valence-corrected chi connectivity index (χ0v) is 14.3. The standard InChI is InChI=1S/C17H20F3N5O/c1-24-11-12(10-22-24)3-6-16(26)21-7-2-8-25-14(13-4-5-13)9-15(23-25)17(18,19)20/h3,6,9-11,13H,2,4-5,7-8H2,1H3,(H,21,26)/b6-3+. The summed E-state index contributed by atoms with van der Waals surface area (Å²) < 4.78 is 41.6. The predicted octanol–water partition coefficient (Wildman–Crippen LogP) is 2.73. The lowest BCUT2D eigenvalue weighted by Crippen LogP contribution is -2.23. The minimum absolute atomic E-state index is 0.176. The lowest BCUT2D eigenvalue weighted by Gasteiger charge is -2.07. The number of alkyl halides is 3. The SMILES string of the molecule is Cn1cc(/C=C/C(=O)NCCCn2nc(C(F)(F)F)cc2C2CC2)cn1. The number of carbonyl (C=O) groups excluding carboxylic acids is 1. The van der Waals surface area contributed by atoms with Crippen LogP contribution >= 0.6 is 0 Å². The Morgan fingerprint density at radius 3 is 2.81 bits per heavy atom. The van der Waals surface area contributed by atoms with Crippen molar-refractivity contribution in [2.24, 2.45) is 7.05 Å². The third-order valence-corrected chi connectivity index (χ3v) is 4.10. The molecule has 2 aromatic rings. The van der Waals surface area contributed by atoms with Crippen molar-refractivity contribution in [1.82, 2.24) is 24.9 Å². The fourth-order valence-electron chi connectivity index (χ4n) is 2.65. The first-order valence-electron chi connectivity index (χ1n) is 8.42. The van der Waals surface area contributed by atoms with E-state index in [9.17, 15) is 18.0 Å². The third-order valence-electron chi connectivity index (χ3n) is 4.10. The predicted molar refractivity (Wildman–Crippen MR) is 89.1 cm³/mol. The Morgan fingerprint density at radius 1 is 1.42 bits per heavy atom. The summed E-state index contributed by atoms with van der Waals surface area (Å²) in [6.07, 6.45) is 4.35. The summed E-state index contributed by atoms with van der Waals surface area (Å²) in [6, 6.07) is 1.15. The van der Waals surface area contributed by atoms with E-state index in [4.69, 9.17) is 0 Å². The van der Waals surface area contributed by atoms with Gasteiger partial charge in [-0.3, -0.25) is 14.2 Å². The number of amides is 1. The molecule has 3 rings (SSSR count). The largest absolute Gasteiger partial charge is 0.435 e. The van der Waals surface area contributed by atoms with Gasteiger partial charge in [0.25, 0.3) is 0 Å². The molecular weight excluding hydrogens is 347 g/mol. The summed E-state index contributed by atoms with van der Waals surface area (Å²) in [6.45, 7) is 0.704. The van der Waals surface area contributed by atoms with Crippen LogP contribution in [0, 0.1) is 0 Å². The van der Waals surface area contributed by atoms with E-state index < -0.39 is 11.9 Å². The van der Waals surface area contributed by atoms with Gasteiger partial charge in [0.2, 0.25) is 5.91 Å². The fourth-order valence-corrected chi connectivity index (χ4v) is 2.65. The van der Waals surface area contributed by atoms with Crippen LogP contribution in [-0.4, -0.2) is 32.0 Å². The lowest BCUT2D eigenvalue weighted by atomic mass is 10.2. The number of aromatic nitrogens is 4. The summed E-state index contributed by atoms with van der Waals surface area (Å²) in [4.78, 5) is 11.8. The van der Waals surface area contributed by atoms with Gasteiger partial charge in [0.15, 0.2) is 5.69 Å². The molecule has 1 saturated carbocycles. The van der Waals surface area contributed by atoms with Crippen molar-refractivity contribution >= 4 is 12.0 Å². The van der Waals surface area contributed by atoms with Crippen molar-refractivity contribution in [2.75, 3.05) is 6.54 Å². The van der Waals surface area contributed by atoms with Gasteiger partial charge in [-0.2, -0.15) is 23.4 Å². The van der Waals surface area contributed by atoms with Gasteiger partial charge in [-0.1, -0.05) is 0 Å². The molecule has 0 aliphatic heterocycles.